The van der Waals surface area contributed by atoms with Crippen LogP contribution in [0.1, 0.15) is 11.1 Å². The highest BCUT2D eigenvalue weighted by atomic mass is 16.3. The summed E-state index contributed by atoms with van der Waals surface area (Å²) in [6.45, 7) is 0.852. The maximum absolute atomic E-state index is 9.14. The van der Waals surface area contributed by atoms with E-state index < -0.39 is 0 Å². The Bertz CT molecular complexity index is 497. The number of hydrogen-bond acceptors (Lipinski definition) is 3. The van der Waals surface area contributed by atoms with Crippen LogP contribution in [0.4, 0.5) is 0 Å². The smallest absolute Gasteiger partial charge is 0.0708 e. The molecule has 1 aromatic heterocycles. The molecule has 0 unspecified atom stereocenters. The Labute approximate surface area is 101 Å². The molecule has 0 amide bonds. The highest BCUT2D eigenvalue weighted by Gasteiger charge is 2.05. The molecule has 0 saturated carbocycles. The van der Waals surface area contributed by atoms with Gasteiger partial charge in [0.25, 0.3) is 0 Å². The average molecular weight is 228 g/mol. The van der Waals surface area contributed by atoms with Gasteiger partial charge >= 0.3 is 0 Å². The van der Waals surface area contributed by atoms with E-state index in [0.29, 0.717) is 0 Å². The SMILES string of the molecule is CNCc1ccccc1-c1cc(CO)ccn1. The van der Waals surface area contributed by atoms with Gasteiger partial charge in [0.05, 0.1) is 12.3 Å². The van der Waals surface area contributed by atoms with E-state index in [1.54, 1.807) is 6.20 Å². The predicted molar refractivity (Wildman–Crippen MR) is 68.4 cm³/mol. The van der Waals surface area contributed by atoms with E-state index in [9.17, 15) is 0 Å². The molecule has 88 valence electrons. The summed E-state index contributed by atoms with van der Waals surface area (Å²) in [6, 6.07) is 11.9. The number of aliphatic hydroxyl groups excluding tert-OH is 1. The van der Waals surface area contributed by atoms with Crippen LogP contribution in [-0.4, -0.2) is 17.1 Å². The van der Waals surface area contributed by atoms with Gasteiger partial charge in [0, 0.05) is 18.3 Å². The Kier molecular flexibility index (Phi) is 3.85. The first kappa shape index (κ1) is 11.8. The number of rotatable bonds is 4. The molecule has 0 radical (unpaired) electrons. The minimum absolute atomic E-state index is 0.0454. The minimum Gasteiger partial charge on any atom is -0.392 e. The highest BCUT2D eigenvalue weighted by molar-refractivity contribution is 5.64. The zero-order valence-corrected chi connectivity index (χ0v) is 9.85. The summed E-state index contributed by atoms with van der Waals surface area (Å²) in [5, 5.41) is 12.3. The Morgan fingerprint density at radius 1 is 1.24 bits per heavy atom. The number of aliphatic hydroxyl groups is 1. The van der Waals surface area contributed by atoms with Crippen molar-refractivity contribution in [1.82, 2.24) is 10.3 Å². The molecule has 0 atom stereocenters. The van der Waals surface area contributed by atoms with Crippen molar-refractivity contribution < 1.29 is 5.11 Å². The van der Waals surface area contributed by atoms with E-state index in [-0.39, 0.29) is 6.61 Å². The van der Waals surface area contributed by atoms with Gasteiger partial charge in [0.15, 0.2) is 0 Å². The van der Waals surface area contributed by atoms with Crippen molar-refractivity contribution in [2.45, 2.75) is 13.2 Å². The summed E-state index contributed by atoms with van der Waals surface area (Å²) in [4.78, 5) is 4.36. The van der Waals surface area contributed by atoms with Gasteiger partial charge in [-0.1, -0.05) is 24.3 Å². The summed E-state index contributed by atoms with van der Waals surface area (Å²) in [6.07, 6.45) is 1.73. The summed E-state index contributed by atoms with van der Waals surface area (Å²) in [7, 11) is 1.92. The van der Waals surface area contributed by atoms with Crippen molar-refractivity contribution >= 4 is 0 Å². The van der Waals surface area contributed by atoms with Gasteiger partial charge < -0.3 is 10.4 Å². The minimum atomic E-state index is 0.0454. The van der Waals surface area contributed by atoms with Crippen LogP contribution >= 0.6 is 0 Å². The average Bonchev–Trinajstić information content (AvgIpc) is 2.40. The zero-order valence-electron chi connectivity index (χ0n) is 9.85. The molecule has 3 nitrogen and oxygen atoms in total. The number of aromatic nitrogens is 1. The molecule has 0 aliphatic carbocycles. The van der Waals surface area contributed by atoms with Gasteiger partial charge in [-0.25, -0.2) is 0 Å². The molecule has 1 heterocycles. The molecule has 0 aliphatic rings. The normalized spacial score (nSPS) is 10.5. The number of benzene rings is 1. The molecule has 1 aromatic carbocycles. The van der Waals surface area contributed by atoms with E-state index in [1.165, 1.54) is 5.56 Å². The second kappa shape index (κ2) is 5.57. The Hall–Kier alpha value is -1.71. The molecular weight excluding hydrogens is 212 g/mol. The largest absolute Gasteiger partial charge is 0.392 e. The fraction of sp³-hybridized carbons (Fsp3) is 0.214. The van der Waals surface area contributed by atoms with Gasteiger partial charge in [0.2, 0.25) is 0 Å². The fourth-order valence-corrected chi connectivity index (χ4v) is 1.83. The summed E-state index contributed by atoms with van der Waals surface area (Å²) in [5.41, 5.74) is 4.10. The van der Waals surface area contributed by atoms with Gasteiger partial charge in [0.1, 0.15) is 0 Å². The lowest BCUT2D eigenvalue weighted by molar-refractivity contribution is 0.282. The quantitative estimate of drug-likeness (QED) is 0.841. The molecule has 17 heavy (non-hydrogen) atoms. The number of nitrogens with one attached hydrogen (secondary N) is 1. The molecule has 3 heteroatoms. The Morgan fingerprint density at radius 2 is 2.06 bits per heavy atom. The summed E-state index contributed by atoms with van der Waals surface area (Å²) < 4.78 is 0. The van der Waals surface area contributed by atoms with Crippen LogP contribution in [0.25, 0.3) is 11.3 Å². The lowest BCUT2D eigenvalue weighted by Gasteiger charge is -2.09. The standard InChI is InChI=1S/C14H16N2O/c1-15-9-12-4-2-3-5-13(12)14-8-11(10-17)6-7-16-14/h2-8,15,17H,9-10H2,1H3. The first-order valence-electron chi connectivity index (χ1n) is 5.64. The monoisotopic (exact) mass is 228 g/mol. The van der Waals surface area contributed by atoms with E-state index in [4.69, 9.17) is 5.11 Å². The Balaban J connectivity index is 2.44. The van der Waals surface area contributed by atoms with E-state index >= 15 is 0 Å². The summed E-state index contributed by atoms with van der Waals surface area (Å²) >= 11 is 0. The molecule has 0 spiro atoms. The first-order valence-corrected chi connectivity index (χ1v) is 5.64. The third-order valence-electron chi connectivity index (χ3n) is 2.67. The highest BCUT2D eigenvalue weighted by Crippen LogP contribution is 2.22. The molecule has 0 bridgehead atoms. The van der Waals surface area contributed by atoms with E-state index in [0.717, 1.165) is 23.4 Å². The van der Waals surface area contributed by atoms with Crippen molar-refractivity contribution in [2.24, 2.45) is 0 Å². The van der Waals surface area contributed by atoms with Crippen LogP contribution < -0.4 is 5.32 Å². The molecule has 2 rings (SSSR count). The molecular formula is C14H16N2O. The third-order valence-corrected chi connectivity index (χ3v) is 2.67. The van der Waals surface area contributed by atoms with Crippen molar-refractivity contribution in [3.63, 3.8) is 0 Å². The van der Waals surface area contributed by atoms with Gasteiger partial charge in [-0.05, 0) is 30.3 Å². The first-order chi connectivity index (χ1) is 8.35. The van der Waals surface area contributed by atoms with Crippen LogP contribution in [0.5, 0.6) is 0 Å². The maximum atomic E-state index is 9.14. The maximum Gasteiger partial charge on any atom is 0.0708 e. The molecule has 0 saturated heterocycles. The van der Waals surface area contributed by atoms with Gasteiger partial charge in [-0.15, -0.1) is 0 Å². The third kappa shape index (κ3) is 2.70. The van der Waals surface area contributed by atoms with Crippen molar-refractivity contribution in [2.75, 3.05) is 7.05 Å². The van der Waals surface area contributed by atoms with Crippen LogP contribution in [0, 0.1) is 0 Å². The number of nitrogens with zero attached hydrogens (tertiary/aromatic N) is 1. The van der Waals surface area contributed by atoms with Crippen LogP contribution in [0.3, 0.4) is 0 Å². The topological polar surface area (TPSA) is 45.1 Å². The van der Waals surface area contributed by atoms with Crippen molar-refractivity contribution in [3.8, 4) is 11.3 Å². The van der Waals surface area contributed by atoms with Gasteiger partial charge in [-0.3, -0.25) is 4.98 Å². The van der Waals surface area contributed by atoms with E-state index in [2.05, 4.69) is 22.4 Å². The second-order valence-electron chi connectivity index (χ2n) is 3.89. The Morgan fingerprint density at radius 3 is 2.82 bits per heavy atom. The lowest BCUT2D eigenvalue weighted by atomic mass is 10.0. The van der Waals surface area contributed by atoms with Crippen molar-refractivity contribution in [1.29, 1.82) is 0 Å². The van der Waals surface area contributed by atoms with Crippen LogP contribution in [-0.2, 0) is 13.2 Å². The number of hydrogen-bond donors (Lipinski definition) is 2. The fourth-order valence-electron chi connectivity index (χ4n) is 1.83. The van der Waals surface area contributed by atoms with E-state index in [1.807, 2.05) is 31.3 Å². The number of pyridine rings is 1. The molecule has 2 aromatic rings. The lowest BCUT2D eigenvalue weighted by Crippen LogP contribution is -2.06. The second-order valence-corrected chi connectivity index (χ2v) is 3.89. The summed E-state index contributed by atoms with van der Waals surface area (Å²) in [5.74, 6) is 0. The predicted octanol–water partition coefficient (Wildman–Crippen LogP) is 1.96. The van der Waals surface area contributed by atoms with Crippen LogP contribution in [0.2, 0.25) is 0 Å². The molecule has 2 N–H and O–H groups in total. The van der Waals surface area contributed by atoms with Crippen LogP contribution in [0.15, 0.2) is 42.6 Å². The molecule has 0 aliphatic heterocycles. The molecule has 0 fully saturated rings. The van der Waals surface area contributed by atoms with Gasteiger partial charge in [-0.2, -0.15) is 0 Å². The van der Waals surface area contributed by atoms with Crippen molar-refractivity contribution in [3.05, 3.63) is 53.7 Å². The zero-order chi connectivity index (χ0) is 12.1.